The van der Waals surface area contributed by atoms with Gasteiger partial charge in [0, 0.05) is 17.2 Å². The van der Waals surface area contributed by atoms with E-state index < -0.39 is 17.7 Å². The number of hydrogen-bond acceptors (Lipinski definition) is 7. The first-order chi connectivity index (χ1) is 16.0. The SMILES string of the molecule is COc1cccc(C2C(C#N)=C(N)Oc3cc(OC(=O)c4ccc(F)cc4)ccc32)c1OC. The van der Waals surface area contributed by atoms with Crippen molar-refractivity contribution in [1.29, 1.82) is 5.26 Å². The third-order valence-electron chi connectivity index (χ3n) is 5.23. The van der Waals surface area contributed by atoms with E-state index in [1.807, 2.05) is 6.07 Å². The molecule has 166 valence electrons. The molecule has 3 aromatic rings. The maximum atomic E-state index is 13.1. The number of halogens is 1. The number of nitrogens with two attached hydrogens (primary N) is 1. The van der Waals surface area contributed by atoms with Crippen LogP contribution < -0.4 is 24.7 Å². The van der Waals surface area contributed by atoms with E-state index in [0.29, 0.717) is 28.4 Å². The van der Waals surface area contributed by atoms with Gasteiger partial charge in [0.1, 0.15) is 29.0 Å². The zero-order valence-electron chi connectivity index (χ0n) is 17.8. The zero-order chi connectivity index (χ0) is 23.5. The molecule has 3 aromatic carbocycles. The maximum absolute atomic E-state index is 13.1. The normalized spacial score (nSPS) is 14.5. The highest BCUT2D eigenvalue weighted by Gasteiger charge is 2.33. The Kier molecular flexibility index (Phi) is 5.87. The van der Waals surface area contributed by atoms with Crippen LogP contribution in [0, 0.1) is 17.1 Å². The number of rotatable bonds is 5. The number of fused-ring (bicyclic) bond motifs is 1. The first-order valence-electron chi connectivity index (χ1n) is 9.87. The molecule has 4 rings (SSSR count). The number of carbonyl (C=O) groups is 1. The van der Waals surface area contributed by atoms with Crippen LogP contribution in [0.2, 0.25) is 0 Å². The van der Waals surface area contributed by atoms with E-state index in [1.54, 1.807) is 24.3 Å². The largest absolute Gasteiger partial charge is 0.493 e. The van der Waals surface area contributed by atoms with Gasteiger partial charge in [-0.25, -0.2) is 9.18 Å². The lowest BCUT2D eigenvalue weighted by molar-refractivity contribution is 0.0734. The summed E-state index contributed by atoms with van der Waals surface area (Å²) in [5, 5.41) is 9.79. The molecule has 0 amide bonds. The summed E-state index contributed by atoms with van der Waals surface area (Å²) >= 11 is 0. The Morgan fingerprint density at radius 3 is 2.48 bits per heavy atom. The number of nitriles is 1. The van der Waals surface area contributed by atoms with Crippen molar-refractivity contribution in [3.8, 4) is 29.1 Å². The summed E-state index contributed by atoms with van der Waals surface area (Å²) in [5.41, 5.74) is 7.78. The highest BCUT2D eigenvalue weighted by atomic mass is 19.1. The van der Waals surface area contributed by atoms with Crippen molar-refractivity contribution in [1.82, 2.24) is 0 Å². The summed E-state index contributed by atoms with van der Waals surface area (Å²) < 4.78 is 35.2. The first kappa shape index (κ1) is 21.7. The summed E-state index contributed by atoms with van der Waals surface area (Å²) in [6, 6.07) is 17.3. The molecule has 0 fully saturated rings. The fourth-order valence-electron chi connectivity index (χ4n) is 3.71. The molecular weight excluding hydrogens is 427 g/mol. The van der Waals surface area contributed by atoms with Gasteiger partial charge in [-0.3, -0.25) is 0 Å². The molecule has 1 aliphatic rings. The van der Waals surface area contributed by atoms with E-state index in [9.17, 15) is 14.4 Å². The zero-order valence-corrected chi connectivity index (χ0v) is 17.8. The summed E-state index contributed by atoms with van der Waals surface area (Å²) in [6.45, 7) is 0. The Morgan fingerprint density at radius 2 is 1.82 bits per heavy atom. The lowest BCUT2D eigenvalue weighted by atomic mass is 9.83. The van der Waals surface area contributed by atoms with E-state index in [1.165, 1.54) is 44.6 Å². The van der Waals surface area contributed by atoms with E-state index >= 15 is 0 Å². The van der Waals surface area contributed by atoms with Crippen LogP contribution in [0.1, 0.15) is 27.4 Å². The monoisotopic (exact) mass is 446 g/mol. The third-order valence-corrected chi connectivity index (χ3v) is 5.23. The molecule has 2 N–H and O–H groups in total. The smallest absolute Gasteiger partial charge is 0.343 e. The Morgan fingerprint density at radius 1 is 1.06 bits per heavy atom. The van der Waals surface area contributed by atoms with E-state index in [0.717, 1.165) is 0 Å². The molecule has 8 heteroatoms. The number of benzene rings is 3. The molecule has 1 unspecified atom stereocenters. The lowest BCUT2D eigenvalue weighted by Crippen LogP contribution is -2.21. The molecule has 7 nitrogen and oxygen atoms in total. The van der Waals surface area contributed by atoms with Crippen LogP contribution in [-0.4, -0.2) is 20.2 Å². The van der Waals surface area contributed by atoms with Crippen molar-refractivity contribution in [3.63, 3.8) is 0 Å². The van der Waals surface area contributed by atoms with Crippen molar-refractivity contribution >= 4 is 5.97 Å². The first-order valence-corrected chi connectivity index (χ1v) is 9.87. The molecule has 0 aliphatic carbocycles. The average Bonchev–Trinajstić information content (AvgIpc) is 2.82. The highest BCUT2D eigenvalue weighted by molar-refractivity contribution is 5.91. The Labute approximate surface area is 189 Å². The van der Waals surface area contributed by atoms with Gasteiger partial charge in [0.15, 0.2) is 11.5 Å². The summed E-state index contributed by atoms with van der Waals surface area (Å²) in [6.07, 6.45) is 0. The molecule has 0 radical (unpaired) electrons. The predicted octanol–water partition coefficient (Wildman–Crippen LogP) is 4.28. The van der Waals surface area contributed by atoms with Crippen molar-refractivity contribution < 1.29 is 28.1 Å². The molecule has 0 saturated carbocycles. The van der Waals surface area contributed by atoms with Crippen LogP contribution in [0.4, 0.5) is 4.39 Å². The number of nitrogens with zero attached hydrogens (tertiary/aromatic N) is 1. The molecule has 1 aliphatic heterocycles. The summed E-state index contributed by atoms with van der Waals surface area (Å²) in [4.78, 5) is 12.4. The second-order valence-electron chi connectivity index (χ2n) is 7.10. The van der Waals surface area contributed by atoms with Gasteiger partial charge in [0.05, 0.1) is 25.7 Å². The fraction of sp³-hybridized carbons (Fsp3) is 0.120. The standard InChI is InChI=1S/C25H19FN2O5/c1-30-20-5-3-4-18(23(20)31-2)22-17-11-10-16(12-21(17)33-24(28)19(22)13-27)32-25(29)14-6-8-15(26)9-7-14/h3-12,22H,28H2,1-2H3. The second kappa shape index (κ2) is 8.93. The minimum absolute atomic E-state index is 0.0677. The third kappa shape index (κ3) is 4.04. The Balaban J connectivity index is 1.74. The van der Waals surface area contributed by atoms with Gasteiger partial charge in [-0.1, -0.05) is 18.2 Å². The van der Waals surface area contributed by atoms with Crippen molar-refractivity contribution in [2.75, 3.05) is 14.2 Å². The number of hydrogen-bond donors (Lipinski definition) is 1. The summed E-state index contributed by atoms with van der Waals surface area (Å²) in [5.74, 6) is -0.277. The van der Waals surface area contributed by atoms with Crippen LogP contribution in [0.25, 0.3) is 0 Å². The van der Waals surface area contributed by atoms with Gasteiger partial charge >= 0.3 is 5.97 Å². The number of para-hydroxylation sites is 1. The van der Waals surface area contributed by atoms with Gasteiger partial charge in [-0.2, -0.15) is 5.26 Å². The van der Waals surface area contributed by atoms with Crippen LogP contribution in [0.5, 0.6) is 23.0 Å². The van der Waals surface area contributed by atoms with Crippen molar-refractivity contribution in [2.45, 2.75) is 5.92 Å². The number of esters is 1. The molecular formula is C25H19FN2O5. The number of methoxy groups -OCH3 is 2. The Hall–Kier alpha value is -4.51. The quantitative estimate of drug-likeness (QED) is 0.461. The summed E-state index contributed by atoms with van der Waals surface area (Å²) in [7, 11) is 3.04. The number of carbonyl (C=O) groups excluding carboxylic acids is 1. The van der Waals surface area contributed by atoms with Gasteiger partial charge in [-0.05, 0) is 36.4 Å². The number of allylic oxidation sites excluding steroid dienone is 1. The predicted molar refractivity (Wildman–Crippen MR) is 117 cm³/mol. The topological polar surface area (TPSA) is 104 Å². The molecule has 1 heterocycles. The van der Waals surface area contributed by atoms with E-state index in [2.05, 4.69) is 6.07 Å². The van der Waals surface area contributed by atoms with Gasteiger partial charge in [-0.15, -0.1) is 0 Å². The molecule has 0 bridgehead atoms. The van der Waals surface area contributed by atoms with Gasteiger partial charge in [0.2, 0.25) is 5.88 Å². The van der Waals surface area contributed by atoms with E-state index in [-0.39, 0.29) is 22.8 Å². The molecule has 0 aromatic heterocycles. The fourth-order valence-corrected chi connectivity index (χ4v) is 3.71. The van der Waals surface area contributed by atoms with Crippen molar-refractivity contribution in [3.05, 3.63) is 94.6 Å². The van der Waals surface area contributed by atoms with Crippen LogP contribution >= 0.6 is 0 Å². The van der Waals surface area contributed by atoms with Crippen LogP contribution in [-0.2, 0) is 0 Å². The van der Waals surface area contributed by atoms with Crippen LogP contribution in [0.3, 0.4) is 0 Å². The minimum atomic E-state index is -0.655. The Bertz CT molecular complexity index is 1300. The minimum Gasteiger partial charge on any atom is -0.493 e. The molecule has 33 heavy (non-hydrogen) atoms. The maximum Gasteiger partial charge on any atom is 0.343 e. The highest BCUT2D eigenvalue weighted by Crippen LogP contribution is 2.47. The lowest BCUT2D eigenvalue weighted by Gasteiger charge is -2.28. The van der Waals surface area contributed by atoms with Crippen molar-refractivity contribution in [2.24, 2.45) is 5.73 Å². The van der Waals surface area contributed by atoms with E-state index in [4.69, 9.17) is 24.7 Å². The van der Waals surface area contributed by atoms with Gasteiger partial charge in [0.25, 0.3) is 0 Å². The molecule has 0 spiro atoms. The van der Waals surface area contributed by atoms with Crippen LogP contribution in [0.15, 0.2) is 72.1 Å². The number of ether oxygens (including phenoxy) is 4. The molecule has 1 atom stereocenters. The molecule has 0 saturated heterocycles. The second-order valence-corrected chi connectivity index (χ2v) is 7.10. The average molecular weight is 446 g/mol. The van der Waals surface area contributed by atoms with Gasteiger partial charge < -0.3 is 24.7 Å².